The lowest BCUT2D eigenvalue weighted by Gasteiger charge is -2.13. The monoisotopic (exact) mass is 399 g/mol. The fourth-order valence-electron chi connectivity index (χ4n) is 2.59. The van der Waals surface area contributed by atoms with Gasteiger partial charge in [-0.1, -0.05) is 29.8 Å². The molecule has 0 aliphatic carbocycles. The van der Waals surface area contributed by atoms with Crippen LogP contribution in [0.25, 0.3) is 0 Å². The Morgan fingerprint density at radius 2 is 2.00 bits per heavy atom. The number of hydrogen-bond donors (Lipinski definition) is 2. The van der Waals surface area contributed by atoms with E-state index in [1.54, 1.807) is 43.5 Å². The Labute approximate surface area is 167 Å². The van der Waals surface area contributed by atoms with Crippen LogP contribution in [0.5, 0.6) is 5.75 Å². The number of amides is 1. The van der Waals surface area contributed by atoms with Crippen molar-refractivity contribution < 1.29 is 13.9 Å². The van der Waals surface area contributed by atoms with Crippen LogP contribution in [0.4, 0.5) is 15.9 Å². The molecule has 144 valence electrons. The molecule has 0 bridgehead atoms. The van der Waals surface area contributed by atoms with Crippen molar-refractivity contribution in [2.45, 2.75) is 13.5 Å². The molecule has 0 atom stereocenters. The van der Waals surface area contributed by atoms with Crippen LogP contribution in [0, 0.1) is 12.7 Å². The Kier molecular flexibility index (Phi) is 6.11. The van der Waals surface area contributed by atoms with Gasteiger partial charge >= 0.3 is 0 Å². The van der Waals surface area contributed by atoms with E-state index in [0.717, 1.165) is 5.56 Å². The Morgan fingerprint density at radius 1 is 1.21 bits per heavy atom. The van der Waals surface area contributed by atoms with E-state index >= 15 is 0 Å². The molecule has 28 heavy (non-hydrogen) atoms. The van der Waals surface area contributed by atoms with Crippen molar-refractivity contribution in [3.05, 3.63) is 82.3 Å². The number of methoxy groups -OCH3 is 1. The molecule has 0 spiro atoms. The van der Waals surface area contributed by atoms with Gasteiger partial charge in [0.15, 0.2) is 0 Å². The summed E-state index contributed by atoms with van der Waals surface area (Å²) in [5.74, 6) is 0.449. The highest BCUT2D eigenvalue weighted by Gasteiger charge is 2.10. The zero-order valence-corrected chi connectivity index (χ0v) is 16.2. The van der Waals surface area contributed by atoms with Crippen molar-refractivity contribution in [3.8, 4) is 5.75 Å². The van der Waals surface area contributed by atoms with E-state index in [1.165, 1.54) is 12.3 Å². The second-order valence-corrected chi connectivity index (χ2v) is 6.54. The first-order valence-corrected chi connectivity index (χ1v) is 8.94. The Morgan fingerprint density at radius 3 is 2.68 bits per heavy atom. The highest BCUT2D eigenvalue weighted by molar-refractivity contribution is 6.31. The number of rotatable bonds is 6. The number of ether oxygens (including phenoxy) is 1. The first-order chi connectivity index (χ1) is 13.5. The van der Waals surface area contributed by atoms with Crippen LogP contribution in [-0.2, 0) is 6.54 Å². The minimum atomic E-state index is -0.354. The van der Waals surface area contributed by atoms with E-state index in [-0.39, 0.29) is 18.3 Å². The quantitative estimate of drug-likeness (QED) is 0.621. The highest BCUT2D eigenvalue weighted by atomic mass is 35.5. The SMILES string of the molecule is COc1cc(Cl)c(C)cc1Nc1ccc(C(=O)NCc2ccccc2F)cn1. The third-order valence-electron chi connectivity index (χ3n) is 4.17. The third-order valence-corrected chi connectivity index (χ3v) is 4.57. The largest absolute Gasteiger partial charge is 0.495 e. The van der Waals surface area contributed by atoms with E-state index in [2.05, 4.69) is 15.6 Å². The van der Waals surface area contributed by atoms with Crippen molar-refractivity contribution in [3.63, 3.8) is 0 Å². The minimum Gasteiger partial charge on any atom is -0.495 e. The molecule has 1 heterocycles. The number of carbonyl (C=O) groups is 1. The van der Waals surface area contributed by atoms with Gasteiger partial charge in [0.2, 0.25) is 0 Å². The van der Waals surface area contributed by atoms with E-state index in [1.807, 2.05) is 13.0 Å². The molecule has 0 saturated carbocycles. The predicted molar refractivity (Wildman–Crippen MR) is 108 cm³/mol. The maximum Gasteiger partial charge on any atom is 0.253 e. The lowest BCUT2D eigenvalue weighted by atomic mass is 10.2. The van der Waals surface area contributed by atoms with E-state index in [4.69, 9.17) is 16.3 Å². The summed E-state index contributed by atoms with van der Waals surface area (Å²) in [4.78, 5) is 16.5. The van der Waals surface area contributed by atoms with Gasteiger partial charge in [-0.2, -0.15) is 0 Å². The van der Waals surface area contributed by atoms with Crippen LogP contribution in [-0.4, -0.2) is 18.0 Å². The van der Waals surface area contributed by atoms with Crippen LogP contribution in [0.2, 0.25) is 5.02 Å². The summed E-state index contributed by atoms with van der Waals surface area (Å²) in [6, 6.07) is 13.2. The van der Waals surface area contributed by atoms with Crippen molar-refractivity contribution in [1.29, 1.82) is 0 Å². The van der Waals surface area contributed by atoms with Crippen LogP contribution in [0.15, 0.2) is 54.7 Å². The van der Waals surface area contributed by atoms with Crippen LogP contribution in [0.1, 0.15) is 21.5 Å². The zero-order chi connectivity index (χ0) is 20.1. The number of halogens is 2. The molecular weight excluding hydrogens is 381 g/mol. The predicted octanol–water partition coefficient (Wildman–Crippen LogP) is 4.86. The van der Waals surface area contributed by atoms with Crippen LogP contribution in [0.3, 0.4) is 0 Å². The summed E-state index contributed by atoms with van der Waals surface area (Å²) in [6.07, 6.45) is 1.45. The number of carbonyl (C=O) groups excluding carboxylic acids is 1. The lowest BCUT2D eigenvalue weighted by Crippen LogP contribution is -2.23. The molecule has 0 unspecified atom stereocenters. The molecule has 2 aromatic carbocycles. The van der Waals surface area contributed by atoms with Gasteiger partial charge < -0.3 is 15.4 Å². The molecule has 2 N–H and O–H groups in total. The first-order valence-electron chi connectivity index (χ1n) is 8.56. The van der Waals surface area contributed by atoms with Crippen molar-refractivity contribution in [2.24, 2.45) is 0 Å². The molecular formula is C21H19ClFN3O2. The molecule has 0 radical (unpaired) electrons. The molecule has 3 rings (SSSR count). The van der Waals surface area contributed by atoms with Gasteiger partial charge in [-0.15, -0.1) is 0 Å². The van der Waals surface area contributed by atoms with E-state index in [9.17, 15) is 9.18 Å². The first kappa shape index (κ1) is 19.6. The number of pyridine rings is 1. The molecule has 0 fully saturated rings. The zero-order valence-electron chi connectivity index (χ0n) is 15.4. The van der Waals surface area contributed by atoms with Gasteiger partial charge in [0, 0.05) is 29.4 Å². The summed E-state index contributed by atoms with van der Waals surface area (Å²) in [6.45, 7) is 2.00. The van der Waals surface area contributed by atoms with Gasteiger partial charge in [-0.3, -0.25) is 4.79 Å². The Balaban J connectivity index is 1.67. The van der Waals surface area contributed by atoms with Crippen LogP contribution < -0.4 is 15.4 Å². The third kappa shape index (κ3) is 4.58. The number of nitrogens with one attached hydrogen (secondary N) is 2. The topological polar surface area (TPSA) is 63.2 Å². The molecule has 7 heteroatoms. The molecule has 1 amide bonds. The molecule has 5 nitrogen and oxygen atoms in total. The molecule has 0 saturated heterocycles. The molecule has 0 aliphatic rings. The average molecular weight is 400 g/mol. The normalized spacial score (nSPS) is 10.4. The second-order valence-electron chi connectivity index (χ2n) is 6.13. The smallest absolute Gasteiger partial charge is 0.253 e. The van der Waals surface area contributed by atoms with Crippen molar-refractivity contribution >= 4 is 29.0 Å². The summed E-state index contributed by atoms with van der Waals surface area (Å²) < 4.78 is 19.0. The summed E-state index contributed by atoms with van der Waals surface area (Å²) in [5.41, 5.74) is 2.41. The fourth-order valence-corrected chi connectivity index (χ4v) is 2.74. The maximum absolute atomic E-state index is 13.6. The van der Waals surface area contributed by atoms with Gasteiger partial charge in [-0.25, -0.2) is 9.37 Å². The second kappa shape index (κ2) is 8.71. The maximum atomic E-state index is 13.6. The summed E-state index contributed by atoms with van der Waals surface area (Å²) >= 11 is 6.12. The number of benzene rings is 2. The van der Waals surface area contributed by atoms with Gasteiger partial charge in [0.05, 0.1) is 18.4 Å². The van der Waals surface area contributed by atoms with Gasteiger partial charge in [0.25, 0.3) is 5.91 Å². The van der Waals surface area contributed by atoms with Crippen molar-refractivity contribution in [1.82, 2.24) is 10.3 Å². The standard InChI is InChI=1S/C21H19ClFN3O2/c1-13-9-18(19(28-2)10-16(13)22)26-20-8-7-15(12-24-20)21(27)25-11-14-5-3-4-6-17(14)23/h3-10,12H,11H2,1-2H3,(H,24,26)(H,25,27). The fraction of sp³-hybridized carbons (Fsp3) is 0.143. The lowest BCUT2D eigenvalue weighted by molar-refractivity contribution is 0.0950. The summed E-state index contributed by atoms with van der Waals surface area (Å²) in [5, 5.41) is 6.44. The minimum absolute atomic E-state index is 0.104. The highest BCUT2D eigenvalue weighted by Crippen LogP contribution is 2.32. The Hall–Kier alpha value is -3.12. The van der Waals surface area contributed by atoms with Gasteiger partial charge in [-0.05, 0) is 36.8 Å². The number of hydrogen-bond acceptors (Lipinski definition) is 4. The molecule has 0 aliphatic heterocycles. The number of aromatic nitrogens is 1. The number of anilines is 2. The average Bonchev–Trinajstić information content (AvgIpc) is 2.70. The summed E-state index contributed by atoms with van der Waals surface area (Å²) in [7, 11) is 1.56. The van der Waals surface area contributed by atoms with Crippen LogP contribution >= 0.6 is 11.6 Å². The Bertz CT molecular complexity index is 993. The molecule has 3 aromatic rings. The van der Waals surface area contributed by atoms with Crippen molar-refractivity contribution in [2.75, 3.05) is 12.4 Å². The van der Waals surface area contributed by atoms with Gasteiger partial charge in [0.1, 0.15) is 17.4 Å². The van der Waals surface area contributed by atoms with E-state index < -0.39 is 0 Å². The van der Waals surface area contributed by atoms with E-state index in [0.29, 0.717) is 33.4 Å². The number of aryl methyl sites for hydroxylation is 1. The molecule has 1 aromatic heterocycles. The number of nitrogens with zero attached hydrogens (tertiary/aromatic N) is 1.